The lowest BCUT2D eigenvalue weighted by Crippen LogP contribution is -2.42. The van der Waals surface area contributed by atoms with Gasteiger partial charge in [-0.25, -0.2) is 0 Å². The van der Waals surface area contributed by atoms with Crippen LogP contribution in [0.3, 0.4) is 0 Å². The van der Waals surface area contributed by atoms with Crippen LogP contribution < -0.4 is 0 Å². The summed E-state index contributed by atoms with van der Waals surface area (Å²) in [5.74, 6) is 0.232. The van der Waals surface area contributed by atoms with Crippen molar-refractivity contribution in [2.75, 3.05) is 33.7 Å². The Kier molecular flexibility index (Phi) is 6.62. The minimum atomic E-state index is 0.232. The number of Topliss-reactive ketones (excluding diaryl/α,β-unsaturated/α-hetero) is 1. The average Bonchev–Trinajstić information content (AvgIpc) is 2.69. The van der Waals surface area contributed by atoms with Crippen molar-refractivity contribution in [2.45, 2.75) is 47.2 Å². The molecule has 0 aliphatic rings. The molecule has 0 radical (unpaired) electrons. The summed E-state index contributed by atoms with van der Waals surface area (Å²) in [5, 5.41) is 0. The number of aryl methyl sites for hydroxylation is 1. The van der Waals surface area contributed by atoms with Gasteiger partial charge in [0.15, 0.2) is 5.78 Å². The predicted molar refractivity (Wildman–Crippen MR) is 89.2 cm³/mol. The van der Waals surface area contributed by atoms with Crippen LogP contribution in [-0.4, -0.2) is 59.9 Å². The van der Waals surface area contributed by atoms with E-state index in [0.717, 1.165) is 30.9 Å². The zero-order chi connectivity index (χ0) is 16.2. The number of hydrogen-bond donors (Lipinski definition) is 0. The van der Waals surface area contributed by atoms with Gasteiger partial charge < -0.3 is 9.47 Å². The van der Waals surface area contributed by atoms with Crippen LogP contribution in [0.4, 0.5) is 0 Å². The monoisotopic (exact) mass is 293 g/mol. The quantitative estimate of drug-likeness (QED) is 0.690. The summed E-state index contributed by atoms with van der Waals surface area (Å²) in [6.45, 7) is 13.8. The van der Waals surface area contributed by atoms with Crippen LogP contribution in [0, 0.1) is 13.8 Å². The van der Waals surface area contributed by atoms with Crippen molar-refractivity contribution in [2.24, 2.45) is 0 Å². The number of aromatic nitrogens is 1. The van der Waals surface area contributed by atoms with Gasteiger partial charge in [-0.15, -0.1) is 0 Å². The van der Waals surface area contributed by atoms with Gasteiger partial charge in [0.05, 0.1) is 6.54 Å². The number of rotatable bonds is 8. The fraction of sp³-hybridized carbons (Fsp3) is 0.706. The highest BCUT2D eigenvalue weighted by atomic mass is 16.1. The van der Waals surface area contributed by atoms with Crippen LogP contribution in [0.2, 0.25) is 0 Å². The van der Waals surface area contributed by atoms with Crippen LogP contribution in [0.5, 0.6) is 0 Å². The van der Waals surface area contributed by atoms with E-state index < -0.39 is 0 Å². The fourth-order valence-electron chi connectivity index (χ4n) is 3.06. The summed E-state index contributed by atoms with van der Waals surface area (Å²) in [6.07, 6.45) is 0. The minimum Gasteiger partial charge on any atom is -0.349 e. The van der Waals surface area contributed by atoms with Crippen molar-refractivity contribution >= 4 is 5.78 Å². The SMILES string of the molecule is CCN(CC(=O)c1cc(C)n(CC)c1C)C(C)CN(C)C. The number of likely N-dealkylation sites (N-methyl/N-ethyl adjacent to an activating group) is 2. The molecule has 0 N–H and O–H groups in total. The Morgan fingerprint density at radius 1 is 1.29 bits per heavy atom. The lowest BCUT2D eigenvalue weighted by molar-refractivity contribution is 0.0888. The summed E-state index contributed by atoms with van der Waals surface area (Å²) in [4.78, 5) is 17.1. The molecule has 1 rings (SSSR count). The Morgan fingerprint density at radius 2 is 1.90 bits per heavy atom. The minimum absolute atomic E-state index is 0.232. The second kappa shape index (κ2) is 7.76. The molecule has 0 spiro atoms. The molecule has 4 heteroatoms. The van der Waals surface area contributed by atoms with Gasteiger partial charge >= 0.3 is 0 Å². The van der Waals surface area contributed by atoms with Crippen LogP contribution in [-0.2, 0) is 6.54 Å². The fourth-order valence-corrected chi connectivity index (χ4v) is 3.06. The molecule has 1 heterocycles. The van der Waals surface area contributed by atoms with Crippen LogP contribution in [0.1, 0.15) is 42.5 Å². The van der Waals surface area contributed by atoms with E-state index in [1.54, 1.807) is 0 Å². The van der Waals surface area contributed by atoms with Crippen molar-refractivity contribution in [3.8, 4) is 0 Å². The van der Waals surface area contributed by atoms with Gasteiger partial charge in [0.2, 0.25) is 0 Å². The normalized spacial score (nSPS) is 13.2. The van der Waals surface area contributed by atoms with E-state index in [4.69, 9.17) is 0 Å². The topological polar surface area (TPSA) is 28.5 Å². The first kappa shape index (κ1) is 17.9. The first-order chi connectivity index (χ1) is 9.81. The first-order valence-electron chi connectivity index (χ1n) is 7.90. The third kappa shape index (κ3) is 4.42. The van der Waals surface area contributed by atoms with E-state index >= 15 is 0 Å². The van der Waals surface area contributed by atoms with E-state index in [9.17, 15) is 4.79 Å². The van der Waals surface area contributed by atoms with Gasteiger partial charge in [0.1, 0.15) is 0 Å². The average molecular weight is 293 g/mol. The Bertz CT molecular complexity index is 477. The van der Waals surface area contributed by atoms with Crippen molar-refractivity contribution in [1.82, 2.24) is 14.4 Å². The molecule has 4 nitrogen and oxygen atoms in total. The van der Waals surface area contributed by atoms with Crippen molar-refractivity contribution in [3.63, 3.8) is 0 Å². The third-order valence-corrected chi connectivity index (χ3v) is 4.20. The second-order valence-corrected chi connectivity index (χ2v) is 6.13. The predicted octanol–water partition coefficient (Wildman–Crippen LogP) is 2.58. The Hall–Kier alpha value is -1.13. The van der Waals surface area contributed by atoms with Gasteiger partial charge in [-0.05, 0) is 54.4 Å². The van der Waals surface area contributed by atoms with Gasteiger partial charge in [-0.2, -0.15) is 0 Å². The van der Waals surface area contributed by atoms with E-state index in [1.807, 2.05) is 13.0 Å². The molecule has 0 aliphatic carbocycles. The highest BCUT2D eigenvalue weighted by molar-refractivity contribution is 5.99. The molecule has 1 aromatic rings. The molecule has 120 valence electrons. The van der Waals surface area contributed by atoms with Crippen molar-refractivity contribution in [1.29, 1.82) is 0 Å². The molecule has 1 atom stereocenters. The lowest BCUT2D eigenvalue weighted by Gasteiger charge is -2.29. The zero-order valence-electron chi connectivity index (χ0n) is 14.7. The summed E-state index contributed by atoms with van der Waals surface area (Å²) in [5.41, 5.74) is 3.14. The van der Waals surface area contributed by atoms with Crippen LogP contribution in [0.15, 0.2) is 6.07 Å². The Balaban J connectivity index is 2.84. The molecule has 1 unspecified atom stereocenters. The maximum atomic E-state index is 12.6. The smallest absolute Gasteiger partial charge is 0.178 e. The van der Waals surface area contributed by atoms with E-state index in [1.165, 1.54) is 5.69 Å². The largest absolute Gasteiger partial charge is 0.349 e. The van der Waals surface area contributed by atoms with E-state index in [2.05, 4.69) is 56.2 Å². The molecule has 0 fully saturated rings. The number of ketones is 1. The molecule has 21 heavy (non-hydrogen) atoms. The van der Waals surface area contributed by atoms with Crippen LogP contribution in [0.25, 0.3) is 0 Å². The third-order valence-electron chi connectivity index (χ3n) is 4.20. The first-order valence-corrected chi connectivity index (χ1v) is 7.90. The second-order valence-electron chi connectivity index (χ2n) is 6.13. The Labute approximate surface area is 129 Å². The lowest BCUT2D eigenvalue weighted by atomic mass is 10.1. The Morgan fingerprint density at radius 3 is 2.33 bits per heavy atom. The van der Waals surface area contributed by atoms with Gasteiger partial charge in [-0.1, -0.05) is 6.92 Å². The molecule has 0 aromatic carbocycles. The van der Waals surface area contributed by atoms with E-state index in [-0.39, 0.29) is 5.78 Å². The van der Waals surface area contributed by atoms with Gasteiger partial charge in [0, 0.05) is 36.1 Å². The zero-order valence-corrected chi connectivity index (χ0v) is 14.7. The number of carbonyl (C=O) groups is 1. The molecule has 0 saturated carbocycles. The maximum absolute atomic E-state index is 12.6. The molecule has 0 aliphatic heterocycles. The summed E-state index contributed by atoms with van der Waals surface area (Å²) in [7, 11) is 4.14. The summed E-state index contributed by atoms with van der Waals surface area (Å²) in [6, 6.07) is 2.41. The highest BCUT2D eigenvalue weighted by Crippen LogP contribution is 2.16. The van der Waals surface area contributed by atoms with Crippen molar-refractivity contribution < 1.29 is 4.79 Å². The van der Waals surface area contributed by atoms with Crippen molar-refractivity contribution in [3.05, 3.63) is 23.0 Å². The summed E-state index contributed by atoms with van der Waals surface area (Å²) < 4.78 is 2.20. The number of hydrogen-bond acceptors (Lipinski definition) is 3. The molecule has 0 amide bonds. The van der Waals surface area contributed by atoms with E-state index in [0.29, 0.717) is 12.6 Å². The molecule has 0 bridgehead atoms. The molecular formula is C17H31N3O. The molecule has 0 saturated heterocycles. The summed E-state index contributed by atoms with van der Waals surface area (Å²) >= 11 is 0. The molecule has 1 aromatic heterocycles. The maximum Gasteiger partial charge on any atom is 0.178 e. The van der Waals surface area contributed by atoms with Gasteiger partial charge in [0.25, 0.3) is 0 Å². The van der Waals surface area contributed by atoms with Gasteiger partial charge in [-0.3, -0.25) is 9.69 Å². The number of carbonyl (C=O) groups excluding carboxylic acids is 1. The standard InChI is InChI=1S/C17H31N3O/c1-8-19(14(4)11-18(6)7)12-17(21)16-10-13(3)20(9-2)15(16)5/h10,14H,8-9,11-12H2,1-7H3. The molecular weight excluding hydrogens is 262 g/mol. The highest BCUT2D eigenvalue weighted by Gasteiger charge is 2.20. The van der Waals surface area contributed by atoms with Crippen LogP contribution >= 0.6 is 0 Å². The number of nitrogens with zero attached hydrogens (tertiary/aromatic N) is 3.